The van der Waals surface area contributed by atoms with Gasteiger partial charge in [0, 0.05) is 78.1 Å². The maximum atomic E-state index is 12.5. The zero-order chi connectivity index (χ0) is 18.4. The number of pyridine rings is 1. The molecule has 1 aromatic rings. The van der Waals surface area contributed by atoms with Crippen molar-refractivity contribution in [3.05, 3.63) is 24.4 Å². The minimum absolute atomic E-state index is 0.301. The average Bonchev–Trinajstić information content (AvgIpc) is 2.67. The highest BCUT2D eigenvalue weighted by Gasteiger charge is 2.23. The van der Waals surface area contributed by atoms with Gasteiger partial charge in [-0.15, -0.1) is 0 Å². The summed E-state index contributed by atoms with van der Waals surface area (Å²) in [5.74, 6) is 2.04. The second kappa shape index (κ2) is 9.33. The van der Waals surface area contributed by atoms with Crippen LogP contribution >= 0.6 is 0 Å². The molecule has 6 nitrogen and oxygen atoms in total. The monoisotopic (exact) mass is 359 g/mol. The van der Waals surface area contributed by atoms with Gasteiger partial charge in [-0.3, -0.25) is 4.79 Å². The zero-order valence-corrected chi connectivity index (χ0v) is 16.3. The van der Waals surface area contributed by atoms with E-state index in [9.17, 15) is 4.79 Å². The Bertz CT molecular complexity index is 549. The maximum absolute atomic E-state index is 12.5. The number of carbonyl (C=O) groups excluding carboxylic acids is 1. The summed E-state index contributed by atoms with van der Waals surface area (Å²) < 4.78 is 0. The molecule has 1 amide bonds. The molecule has 2 aliphatic heterocycles. The lowest BCUT2D eigenvalue weighted by Crippen LogP contribution is -2.50. The first-order chi connectivity index (χ1) is 12.6. The molecule has 2 fully saturated rings. The first kappa shape index (κ1) is 19.1. The van der Waals surface area contributed by atoms with Crippen LogP contribution in [0.4, 0.5) is 5.82 Å². The highest BCUT2D eigenvalue weighted by Crippen LogP contribution is 2.13. The van der Waals surface area contributed by atoms with Crippen LogP contribution in [0.2, 0.25) is 0 Å². The van der Waals surface area contributed by atoms with E-state index in [1.807, 2.05) is 29.3 Å². The molecule has 0 aliphatic carbocycles. The summed E-state index contributed by atoms with van der Waals surface area (Å²) in [6.07, 6.45) is 2.47. The summed E-state index contributed by atoms with van der Waals surface area (Å²) in [7, 11) is 0. The van der Waals surface area contributed by atoms with Crippen LogP contribution < -0.4 is 4.90 Å². The Balaban J connectivity index is 1.35. The fourth-order valence-corrected chi connectivity index (χ4v) is 3.85. The van der Waals surface area contributed by atoms with Gasteiger partial charge in [-0.25, -0.2) is 4.98 Å². The minimum atomic E-state index is 0.301. The van der Waals surface area contributed by atoms with Crippen molar-refractivity contribution >= 4 is 11.7 Å². The van der Waals surface area contributed by atoms with Gasteiger partial charge in [0.05, 0.1) is 0 Å². The molecule has 0 atom stereocenters. The van der Waals surface area contributed by atoms with E-state index in [1.54, 1.807) is 0 Å². The number of hydrogen-bond acceptors (Lipinski definition) is 5. The molecule has 2 aliphatic rings. The molecule has 0 saturated carbocycles. The SMILES string of the molecule is CC(C)CN1CCN(CCC(=O)N2CCN(c3ccccn3)CC2)CC1. The van der Waals surface area contributed by atoms with E-state index in [-0.39, 0.29) is 0 Å². The normalized spacial score (nSPS) is 20.0. The number of piperazine rings is 2. The molecule has 1 aromatic heterocycles. The molecule has 0 bridgehead atoms. The number of anilines is 1. The quantitative estimate of drug-likeness (QED) is 0.768. The molecule has 0 aromatic carbocycles. The van der Waals surface area contributed by atoms with Crippen LogP contribution in [0.1, 0.15) is 20.3 Å². The molecule has 0 radical (unpaired) electrons. The van der Waals surface area contributed by atoms with Crippen LogP contribution in [0.25, 0.3) is 0 Å². The number of aromatic nitrogens is 1. The smallest absolute Gasteiger partial charge is 0.223 e. The zero-order valence-electron chi connectivity index (χ0n) is 16.3. The Labute approximate surface area is 157 Å². The summed E-state index contributed by atoms with van der Waals surface area (Å²) in [5, 5.41) is 0. The van der Waals surface area contributed by atoms with Crippen molar-refractivity contribution in [2.75, 3.05) is 70.3 Å². The molecule has 3 heterocycles. The Morgan fingerprint density at radius 3 is 2.31 bits per heavy atom. The molecular formula is C20H33N5O. The van der Waals surface area contributed by atoms with Crippen LogP contribution in [0, 0.1) is 5.92 Å². The summed E-state index contributed by atoms with van der Waals surface area (Å²) in [6.45, 7) is 14.4. The average molecular weight is 360 g/mol. The second-order valence-corrected chi connectivity index (χ2v) is 7.84. The molecule has 0 unspecified atom stereocenters. The van der Waals surface area contributed by atoms with Crippen molar-refractivity contribution in [2.24, 2.45) is 5.92 Å². The Kier molecular flexibility index (Phi) is 6.86. The number of hydrogen-bond donors (Lipinski definition) is 0. The predicted molar refractivity (Wildman–Crippen MR) is 105 cm³/mol. The van der Waals surface area contributed by atoms with Gasteiger partial charge in [0.25, 0.3) is 0 Å². The summed E-state index contributed by atoms with van der Waals surface area (Å²) >= 11 is 0. The molecule has 3 rings (SSSR count). The highest BCUT2D eigenvalue weighted by atomic mass is 16.2. The topological polar surface area (TPSA) is 42.9 Å². The van der Waals surface area contributed by atoms with Gasteiger partial charge in [0.2, 0.25) is 5.91 Å². The first-order valence-electron chi connectivity index (χ1n) is 10.0. The third-order valence-electron chi connectivity index (χ3n) is 5.34. The molecule has 2 saturated heterocycles. The van der Waals surface area contributed by atoms with Gasteiger partial charge in [-0.2, -0.15) is 0 Å². The lowest BCUT2D eigenvalue weighted by molar-refractivity contribution is -0.131. The fraction of sp³-hybridized carbons (Fsp3) is 0.700. The van der Waals surface area contributed by atoms with Crippen LogP contribution in [-0.2, 0) is 4.79 Å². The van der Waals surface area contributed by atoms with Crippen molar-refractivity contribution < 1.29 is 4.79 Å². The van der Waals surface area contributed by atoms with E-state index in [1.165, 1.54) is 6.54 Å². The first-order valence-corrected chi connectivity index (χ1v) is 10.0. The van der Waals surface area contributed by atoms with E-state index in [4.69, 9.17) is 0 Å². The highest BCUT2D eigenvalue weighted by molar-refractivity contribution is 5.76. The third-order valence-corrected chi connectivity index (χ3v) is 5.34. The number of amides is 1. The standard InChI is InChI=1S/C20H33N5O/c1-18(2)17-23-11-9-22(10-12-23)8-6-20(26)25-15-13-24(14-16-25)19-5-3-4-7-21-19/h3-5,7,18H,6,8-17H2,1-2H3. The largest absolute Gasteiger partial charge is 0.353 e. The molecule has 144 valence electrons. The maximum Gasteiger partial charge on any atom is 0.223 e. The van der Waals surface area contributed by atoms with E-state index in [0.717, 1.165) is 70.6 Å². The van der Waals surface area contributed by atoms with Gasteiger partial charge in [0.1, 0.15) is 5.82 Å². The van der Waals surface area contributed by atoms with Crippen molar-refractivity contribution in [3.8, 4) is 0 Å². The molecular weight excluding hydrogens is 326 g/mol. The van der Waals surface area contributed by atoms with Gasteiger partial charge < -0.3 is 19.6 Å². The van der Waals surface area contributed by atoms with Crippen molar-refractivity contribution in [1.29, 1.82) is 0 Å². The second-order valence-electron chi connectivity index (χ2n) is 7.84. The fourth-order valence-electron chi connectivity index (χ4n) is 3.85. The van der Waals surface area contributed by atoms with Crippen LogP contribution in [0.5, 0.6) is 0 Å². The van der Waals surface area contributed by atoms with Crippen LogP contribution in [-0.4, -0.2) is 91.0 Å². The number of carbonyl (C=O) groups is 1. The minimum Gasteiger partial charge on any atom is -0.353 e. The molecule has 0 spiro atoms. The van der Waals surface area contributed by atoms with Crippen molar-refractivity contribution in [1.82, 2.24) is 19.7 Å². The Hall–Kier alpha value is -1.66. The van der Waals surface area contributed by atoms with Gasteiger partial charge in [-0.1, -0.05) is 19.9 Å². The summed E-state index contributed by atoms with van der Waals surface area (Å²) in [4.78, 5) is 26.2. The third kappa shape index (κ3) is 5.42. The summed E-state index contributed by atoms with van der Waals surface area (Å²) in [6, 6.07) is 5.99. The summed E-state index contributed by atoms with van der Waals surface area (Å²) in [5.41, 5.74) is 0. The molecule has 26 heavy (non-hydrogen) atoms. The number of nitrogens with zero attached hydrogens (tertiary/aromatic N) is 5. The van der Waals surface area contributed by atoms with Crippen LogP contribution in [0.3, 0.4) is 0 Å². The van der Waals surface area contributed by atoms with Gasteiger partial charge >= 0.3 is 0 Å². The Morgan fingerprint density at radius 1 is 1.00 bits per heavy atom. The van der Waals surface area contributed by atoms with Gasteiger partial charge in [-0.05, 0) is 18.1 Å². The Morgan fingerprint density at radius 2 is 1.69 bits per heavy atom. The lowest BCUT2D eigenvalue weighted by atomic mass is 10.2. The van der Waals surface area contributed by atoms with Gasteiger partial charge in [0.15, 0.2) is 0 Å². The predicted octanol–water partition coefficient (Wildman–Crippen LogP) is 1.39. The van der Waals surface area contributed by atoms with E-state index < -0.39 is 0 Å². The lowest BCUT2D eigenvalue weighted by Gasteiger charge is -2.37. The van der Waals surface area contributed by atoms with E-state index in [0.29, 0.717) is 12.3 Å². The van der Waals surface area contributed by atoms with E-state index >= 15 is 0 Å². The van der Waals surface area contributed by atoms with Crippen LogP contribution in [0.15, 0.2) is 24.4 Å². The van der Waals surface area contributed by atoms with Crippen molar-refractivity contribution in [3.63, 3.8) is 0 Å². The molecule has 0 N–H and O–H groups in total. The molecule has 6 heteroatoms. The van der Waals surface area contributed by atoms with Crippen molar-refractivity contribution in [2.45, 2.75) is 20.3 Å². The number of rotatable bonds is 6. The van der Waals surface area contributed by atoms with E-state index in [2.05, 4.69) is 33.5 Å².